The third-order valence-corrected chi connectivity index (χ3v) is 5.29. The zero-order valence-electron chi connectivity index (χ0n) is 13.9. The van der Waals surface area contributed by atoms with Crippen molar-refractivity contribution in [2.45, 2.75) is 38.8 Å². The first-order valence-electron chi connectivity index (χ1n) is 8.28. The van der Waals surface area contributed by atoms with Crippen LogP contribution in [0.1, 0.15) is 34.9 Å². The molecular formula is C19H25NO2S. The van der Waals surface area contributed by atoms with E-state index in [1.54, 1.807) is 0 Å². The molecular weight excluding hydrogens is 306 g/mol. The van der Waals surface area contributed by atoms with Crippen LogP contribution in [0.5, 0.6) is 5.75 Å². The van der Waals surface area contributed by atoms with Crippen LogP contribution in [0.15, 0.2) is 35.7 Å². The molecule has 1 aliphatic heterocycles. The molecule has 23 heavy (non-hydrogen) atoms. The van der Waals surface area contributed by atoms with Gasteiger partial charge in [-0.1, -0.05) is 12.1 Å². The van der Waals surface area contributed by atoms with Gasteiger partial charge in [-0.15, -0.1) is 11.3 Å². The number of thiophene rings is 1. The highest BCUT2D eigenvalue weighted by molar-refractivity contribution is 7.10. The van der Waals surface area contributed by atoms with Crippen molar-refractivity contribution < 1.29 is 9.84 Å². The van der Waals surface area contributed by atoms with Gasteiger partial charge in [0.1, 0.15) is 18.5 Å². The van der Waals surface area contributed by atoms with Gasteiger partial charge in [-0.05, 0) is 67.9 Å². The van der Waals surface area contributed by atoms with Gasteiger partial charge in [-0.3, -0.25) is 4.90 Å². The van der Waals surface area contributed by atoms with Crippen LogP contribution in [0.3, 0.4) is 0 Å². The van der Waals surface area contributed by atoms with Gasteiger partial charge in [-0.2, -0.15) is 0 Å². The van der Waals surface area contributed by atoms with Crippen molar-refractivity contribution in [1.82, 2.24) is 4.90 Å². The Labute approximate surface area is 142 Å². The molecule has 0 bridgehead atoms. The van der Waals surface area contributed by atoms with Gasteiger partial charge in [-0.25, -0.2) is 0 Å². The first-order valence-corrected chi connectivity index (χ1v) is 9.16. The average Bonchev–Trinajstić information content (AvgIpc) is 3.14. The third kappa shape index (κ3) is 4.34. The van der Waals surface area contributed by atoms with Crippen molar-refractivity contribution in [3.63, 3.8) is 0 Å². The summed E-state index contributed by atoms with van der Waals surface area (Å²) >= 11 is 1.81. The van der Waals surface area contributed by atoms with E-state index in [-0.39, 0.29) is 0 Å². The van der Waals surface area contributed by atoms with E-state index in [1.165, 1.54) is 28.8 Å². The molecule has 2 aromatic rings. The van der Waals surface area contributed by atoms with E-state index in [1.807, 2.05) is 23.5 Å². The normalized spacial score (nSPS) is 19.9. The van der Waals surface area contributed by atoms with Crippen LogP contribution in [0.25, 0.3) is 0 Å². The maximum absolute atomic E-state index is 10.4. The Balaban J connectivity index is 1.53. The molecule has 0 amide bonds. The number of aryl methyl sites for hydroxylation is 2. The zero-order valence-corrected chi connectivity index (χ0v) is 14.7. The second-order valence-corrected chi connectivity index (χ2v) is 7.44. The Kier molecular flexibility index (Phi) is 5.36. The summed E-state index contributed by atoms with van der Waals surface area (Å²) in [5, 5.41) is 12.5. The Hall–Kier alpha value is -1.36. The number of hydrogen-bond donors (Lipinski definition) is 1. The molecule has 2 atom stereocenters. The summed E-state index contributed by atoms with van der Waals surface area (Å²) in [6.45, 7) is 6.20. The average molecular weight is 331 g/mol. The summed E-state index contributed by atoms with van der Waals surface area (Å²) in [5.74, 6) is 0.845. The molecule has 2 unspecified atom stereocenters. The Bertz CT molecular complexity index is 606. The molecule has 0 spiro atoms. The molecule has 0 radical (unpaired) electrons. The van der Waals surface area contributed by atoms with Crippen molar-refractivity contribution >= 4 is 11.3 Å². The lowest BCUT2D eigenvalue weighted by Crippen LogP contribution is -2.35. The monoisotopic (exact) mass is 331 g/mol. The largest absolute Gasteiger partial charge is 0.491 e. The van der Waals surface area contributed by atoms with Gasteiger partial charge in [0.05, 0.1) is 0 Å². The number of likely N-dealkylation sites (tertiary alicyclic amines) is 1. The molecule has 2 heterocycles. The summed E-state index contributed by atoms with van der Waals surface area (Å²) in [4.78, 5) is 3.80. The van der Waals surface area contributed by atoms with E-state index < -0.39 is 6.10 Å². The molecule has 1 fully saturated rings. The number of β-amino-alcohol motifs (C(OH)–C–C–N with tert-alkyl or cyclic N) is 1. The predicted molar refractivity (Wildman–Crippen MR) is 95.3 cm³/mol. The van der Waals surface area contributed by atoms with Gasteiger partial charge >= 0.3 is 0 Å². The highest BCUT2D eigenvalue weighted by Crippen LogP contribution is 2.34. The number of hydrogen-bond acceptors (Lipinski definition) is 4. The van der Waals surface area contributed by atoms with Crippen LogP contribution in [0, 0.1) is 13.8 Å². The third-order valence-electron chi connectivity index (χ3n) is 4.32. The van der Waals surface area contributed by atoms with E-state index in [2.05, 4.69) is 42.3 Å². The quantitative estimate of drug-likeness (QED) is 0.870. The fraction of sp³-hybridized carbons (Fsp3) is 0.474. The molecule has 4 heteroatoms. The molecule has 124 valence electrons. The van der Waals surface area contributed by atoms with Crippen LogP contribution < -0.4 is 4.74 Å². The molecule has 0 aliphatic carbocycles. The smallest absolute Gasteiger partial charge is 0.119 e. The highest BCUT2D eigenvalue weighted by atomic mass is 32.1. The van der Waals surface area contributed by atoms with Crippen LogP contribution in [-0.2, 0) is 0 Å². The van der Waals surface area contributed by atoms with Gasteiger partial charge < -0.3 is 9.84 Å². The Morgan fingerprint density at radius 3 is 2.78 bits per heavy atom. The minimum atomic E-state index is -0.462. The van der Waals surface area contributed by atoms with E-state index in [0.29, 0.717) is 19.2 Å². The minimum Gasteiger partial charge on any atom is -0.491 e. The lowest BCUT2D eigenvalue weighted by molar-refractivity contribution is 0.0642. The summed E-state index contributed by atoms with van der Waals surface area (Å²) < 4.78 is 5.79. The van der Waals surface area contributed by atoms with Gasteiger partial charge in [0.15, 0.2) is 0 Å². The van der Waals surface area contributed by atoms with Crippen molar-refractivity contribution in [2.75, 3.05) is 19.7 Å². The van der Waals surface area contributed by atoms with E-state index in [4.69, 9.17) is 4.74 Å². The number of aliphatic hydroxyl groups excluding tert-OH is 1. The first kappa shape index (κ1) is 16.5. The predicted octanol–water partition coefficient (Wildman–Crippen LogP) is 3.94. The molecule has 0 saturated carbocycles. The van der Waals surface area contributed by atoms with Gasteiger partial charge in [0.2, 0.25) is 0 Å². The summed E-state index contributed by atoms with van der Waals surface area (Å²) in [6.07, 6.45) is 1.93. The summed E-state index contributed by atoms with van der Waals surface area (Å²) in [5.41, 5.74) is 2.37. The van der Waals surface area contributed by atoms with Crippen LogP contribution in [0.2, 0.25) is 0 Å². The summed E-state index contributed by atoms with van der Waals surface area (Å²) in [6, 6.07) is 10.9. The molecule has 1 saturated heterocycles. The lowest BCUT2D eigenvalue weighted by atomic mass is 10.1. The SMILES string of the molecule is Cc1cc(C)cc(OCC(O)CN2CCCC2c2cccs2)c1. The molecule has 3 rings (SSSR count). The standard InChI is InChI=1S/C19H25NO2S/c1-14-9-15(2)11-17(10-14)22-13-16(21)12-20-7-3-5-18(20)19-6-4-8-23-19/h4,6,8-11,16,18,21H,3,5,7,12-13H2,1-2H3. The van der Waals surface area contributed by atoms with E-state index in [0.717, 1.165) is 12.3 Å². The first-order chi connectivity index (χ1) is 11.1. The topological polar surface area (TPSA) is 32.7 Å². The number of ether oxygens (including phenoxy) is 1. The number of nitrogens with zero attached hydrogens (tertiary/aromatic N) is 1. The van der Waals surface area contributed by atoms with Gasteiger partial charge in [0, 0.05) is 17.5 Å². The van der Waals surface area contributed by atoms with Crippen LogP contribution in [-0.4, -0.2) is 35.8 Å². The number of aliphatic hydroxyl groups is 1. The van der Waals surface area contributed by atoms with Crippen molar-refractivity contribution in [3.8, 4) is 5.75 Å². The molecule has 3 nitrogen and oxygen atoms in total. The Morgan fingerprint density at radius 1 is 1.30 bits per heavy atom. The highest BCUT2D eigenvalue weighted by Gasteiger charge is 2.28. The molecule has 1 aromatic carbocycles. The van der Waals surface area contributed by atoms with E-state index in [9.17, 15) is 5.11 Å². The zero-order chi connectivity index (χ0) is 16.2. The second kappa shape index (κ2) is 7.47. The fourth-order valence-electron chi connectivity index (χ4n) is 3.38. The van der Waals surface area contributed by atoms with E-state index >= 15 is 0 Å². The summed E-state index contributed by atoms with van der Waals surface area (Å²) in [7, 11) is 0. The maximum atomic E-state index is 10.4. The lowest BCUT2D eigenvalue weighted by Gasteiger charge is -2.26. The van der Waals surface area contributed by atoms with Crippen LogP contribution in [0.4, 0.5) is 0 Å². The van der Waals surface area contributed by atoms with Crippen LogP contribution >= 0.6 is 11.3 Å². The number of rotatable bonds is 6. The van der Waals surface area contributed by atoms with Crippen molar-refractivity contribution in [1.29, 1.82) is 0 Å². The molecule has 1 aromatic heterocycles. The molecule has 1 N–H and O–H groups in total. The van der Waals surface area contributed by atoms with Crippen molar-refractivity contribution in [2.24, 2.45) is 0 Å². The maximum Gasteiger partial charge on any atom is 0.119 e. The molecule has 1 aliphatic rings. The Morgan fingerprint density at radius 2 is 2.09 bits per heavy atom. The van der Waals surface area contributed by atoms with Crippen molar-refractivity contribution in [3.05, 3.63) is 51.7 Å². The second-order valence-electron chi connectivity index (χ2n) is 6.46. The van der Waals surface area contributed by atoms with Gasteiger partial charge in [0.25, 0.3) is 0 Å². The fourth-order valence-corrected chi connectivity index (χ4v) is 4.28. The number of benzene rings is 1. The minimum absolute atomic E-state index is 0.344.